The quantitative estimate of drug-likeness (QED) is 0.275. The fourth-order valence-corrected chi connectivity index (χ4v) is 3.28. The molecule has 0 aliphatic carbocycles. The molecule has 31 heavy (non-hydrogen) atoms. The van der Waals surface area contributed by atoms with Crippen molar-refractivity contribution in [2.24, 2.45) is 0 Å². The minimum absolute atomic E-state index is 0.0537. The molecule has 0 atom stereocenters. The first-order chi connectivity index (χ1) is 14.8. The maximum Gasteiger partial charge on any atom is 0.343 e. The van der Waals surface area contributed by atoms with Crippen LogP contribution in [-0.2, 0) is 0 Å². The van der Waals surface area contributed by atoms with E-state index in [2.05, 4.69) is 0 Å². The van der Waals surface area contributed by atoms with Gasteiger partial charge in [0.2, 0.25) is 11.2 Å². The molecule has 0 amide bonds. The van der Waals surface area contributed by atoms with Crippen LogP contribution in [0.3, 0.4) is 0 Å². The highest BCUT2D eigenvalue weighted by molar-refractivity contribution is 6.32. The van der Waals surface area contributed by atoms with E-state index in [-0.39, 0.29) is 22.5 Å². The summed E-state index contributed by atoms with van der Waals surface area (Å²) in [6, 6.07) is 15.2. The summed E-state index contributed by atoms with van der Waals surface area (Å²) in [5.74, 6) is 0.335. The van der Waals surface area contributed by atoms with Gasteiger partial charge in [-0.1, -0.05) is 29.3 Å². The average molecular weight is 435 g/mol. The van der Waals surface area contributed by atoms with Crippen molar-refractivity contribution >= 4 is 28.5 Å². The fraction of sp³-hybridized carbons (Fsp3) is 0.120. The molecule has 0 unspecified atom stereocenters. The summed E-state index contributed by atoms with van der Waals surface area (Å²) in [7, 11) is 0. The van der Waals surface area contributed by atoms with Gasteiger partial charge < -0.3 is 13.9 Å². The molecule has 0 aliphatic heterocycles. The minimum atomic E-state index is -0.491. The smallest absolute Gasteiger partial charge is 0.343 e. The minimum Gasteiger partial charge on any atom is -0.460 e. The van der Waals surface area contributed by atoms with Crippen LogP contribution < -0.4 is 14.9 Å². The maximum atomic E-state index is 12.8. The first-order valence-electron chi connectivity index (χ1n) is 9.61. The predicted molar refractivity (Wildman–Crippen MR) is 120 cm³/mol. The Hall–Kier alpha value is -3.57. The molecule has 0 bridgehead atoms. The lowest BCUT2D eigenvalue weighted by molar-refractivity contribution is 0.0735. The molecule has 0 aliphatic rings. The Morgan fingerprint density at radius 3 is 2.26 bits per heavy atom. The zero-order valence-electron chi connectivity index (χ0n) is 17.2. The van der Waals surface area contributed by atoms with E-state index in [0.29, 0.717) is 21.7 Å². The number of fused-ring (bicyclic) bond motifs is 1. The molecule has 0 saturated heterocycles. The van der Waals surface area contributed by atoms with Crippen LogP contribution in [0, 0.1) is 20.8 Å². The van der Waals surface area contributed by atoms with Crippen LogP contribution >= 0.6 is 11.6 Å². The third-order valence-corrected chi connectivity index (χ3v) is 5.45. The Morgan fingerprint density at radius 2 is 1.58 bits per heavy atom. The van der Waals surface area contributed by atoms with E-state index < -0.39 is 5.97 Å². The molecule has 3 aromatic carbocycles. The van der Waals surface area contributed by atoms with E-state index in [1.165, 1.54) is 12.3 Å². The lowest BCUT2D eigenvalue weighted by Crippen LogP contribution is -2.09. The first kappa shape index (κ1) is 20.7. The largest absolute Gasteiger partial charge is 0.460 e. The second-order valence-electron chi connectivity index (χ2n) is 7.32. The topological polar surface area (TPSA) is 65.7 Å². The van der Waals surface area contributed by atoms with E-state index >= 15 is 0 Å². The molecular weight excluding hydrogens is 416 g/mol. The number of hydrogen-bond donors (Lipinski definition) is 0. The van der Waals surface area contributed by atoms with Crippen LogP contribution in [0.25, 0.3) is 11.0 Å². The van der Waals surface area contributed by atoms with E-state index in [9.17, 15) is 9.59 Å². The monoisotopic (exact) mass is 434 g/mol. The van der Waals surface area contributed by atoms with Gasteiger partial charge in [0, 0.05) is 11.1 Å². The highest BCUT2D eigenvalue weighted by atomic mass is 35.5. The standard InChI is InChI=1S/C25H19ClO5/c1-14-4-6-17(7-5-14)25(28)31-18-8-9-20-21(12-18)29-13-22(24(20)27)30-19-10-15(2)23(26)16(3)11-19/h4-13H,1-3H3. The molecule has 4 rings (SSSR count). The Balaban J connectivity index is 1.60. The van der Waals surface area contributed by atoms with E-state index in [4.69, 9.17) is 25.5 Å². The number of carbonyl (C=O) groups is 1. The lowest BCUT2D eigenvalue weighted by Gasteiger charge is -2.10. The third kappa shape index (κ3) is 4.32. The molecule has 0 saturated carbocycles. The van der Waals surface area contributed by atoms with Crippen molar-refractivity contribution in [1.82, 2.24) is 0 Å². The van der Waals surface area contributed by atoms with Gasteiger partial charge in [-0.05, 0) is 68.3 Å². The van der Waals surface area contributed by atoms with Gasteiger partial charge in [0.1, 0.15) is 23.3 Å². The lowest BCUT2D eigenvalue weighted by atomic mass is 10.1. The van der Waals surface area contributed by atoms with Gasteiger partial charge in [0.05, 0.1) is 10.9 Å². The van der Waals surface area contributed by atoms with Gasteiger partial charge in [-0.3, -0.25) is 4.79 Å². The van der Waals surface area contributed by atoms with Crippen LogP contribution in [-0.4, -0.2) is 5.97 Å². The summed E-state index contributed by atoms with van der Waals surface area (Å²) in [6.07, 6.45) is 1.25. The molecule has 6 heteroatoms. The number of carbonyl (C=O) groups excluding carboxylic acids is 1. The number of esters is 1. The number of aryl methyl sites for hydroxylation is 3. The number of rotatable bonds is 4. The summed E-state index contributed by atoms with van der Waals surface area (Å²) in [4.78, 5) is 25.2. The zero-order valence-corrected chi connectivity index (χ0v) is 17.9. The highest BCUT2D eigenvalue weighted by Gasteiger charge is 2.14. The van der Waals surface area contributed by atoms with E-state index in [1.807, 2.05) is 32.9 Å². The van der Waals surface area contributed by atoms with Crippen LogP contribution in [0.5, 0.6) is 17.2 Å². The molecular formula is C25H19ClO5. The second kappa shape index (κ2) is 8.28. The van der Waals surface area contributed by atoms with Gasteiger partial charge in [0.25, 0.3) is 0 Å². The molecule has 0 fully saturated rings. The van der Waals surface area contributed by atoms with Crippen molar-refractivity contribution in [2.75, 3.05) is 0 Å². The maximum absolute atomic E-state index is 12.8. The number of hydrogen-bond acceptors (Lipinski definition) is 5. The zero-order chi connectivity index (χ0) is 22.1. The van der Waals surface area contributed by atoms with Crippen LogP contribution in [0.1, 0.15) is 27.0 Å². The number of halogens is 1. The SMILES string of the molecule is Cc1ccc(C(=O)Oc2ccc3c(=O)c(Oc4cc(C)c(Cl)c(C)c4)coc3c2)cc1. The van der Waals surface area contributed by atoms with Crippen molar-refractivity contribution in [3.8, 4) is 17.2 Å². The Morgan fingerprint density at radius 1 is 0.903 bits per heavy atom. The second-order valence-corrected chi connectivity index (χ2v) is 7.69. The van der Waals surface area contributed by atoms with Crippen molar-refractivity contribution < 1.29 is 18.7 Å². The summed E-state index contributed by atoms with van der Waals surface area (Å²) in [5, 5.41) is 0.973. The van der Waals surface area contributed by atoms with E-state index in [0.717, 1.165) is 16.7 Å². The fourth-order valence-electron chi connectivity index (χ4n) is 3.17. The third-order valence-electron chi connectivity index (χ3n) is 4.85. The Labute approximate surface area is 183 Å². The molecule has 0 N–H and O–H groups in total. The number of ether oxygens (including phenoxy) is 2. The predicted octanol–water partition coefficient (Wildman–Crippen LogP) is 6.38. The molecule has 4 aromatic rings. The van der Waals surface area contributed by atoms with Crippen LogP contribution in [0.15, 0.2) is 70.1 Å². The Bertz CT molecular complexity index is 1330. The van der Waals surface area contributed by atoms with Crippen LogP contribution in [0.2, 0.25) is 5.02 Å². The summed E-state index contributed by atoms with van der Waals surface area (Å²) in [5.41, 5.74) is 3.14. The molecule has 5 nitrogen and oxygen atoms in total. The molecule has 1 aromatic heterocycles. The molecule has 1 heterocycles. The highest BCUT2D eigenvalue weighted by Crippen LogP contribution is 2.29. The van der Waals surface area contributed by atoms with Crippen molar-refractivity contribution in [3.63, 3.8) is 0 Å². The summed E-state index contributed by atoms with van der Waals surface area (Å²) >= 11 is 6.19. The number of benzene rings is 3. The first-order valence-corrected chi connectivity index (χ1v) is 9.98. The molecule has 0 spiro atoms. The Kier molecular flexibility index (Phi) is 5.53. The average Bonchev–Trinajstić information content (AvgIpc) is 2.74. The summed E-state index contributed by atoms with van der Waals surface area (Å²) < 4.78 is 16.7. The normalized spacial score (nSPS) is 10.8. The van der Waals surface area contributed by atoms with Gasteiger partial charge >= 0.3 is 5.97 Å². The van der Waals surface area contributed by atoms with Gasteiger partial charge in [0.15, 0.2) is 0 Å². The van der Waals surface area contributed by atoms with Crippen molar-refractivity contribution in [1.29, 1.82) is 0 Å². The molecule has 0 radical (unpaired) electrons. The van der Waals surface area contributed by atoms with Gasteiger partial charge in [-0.15, -0.1) is 0 Å². The van der Waals surface area contributed by atoms with Crippen LogP contribution in [0.4, 0.5) is 0 Å². The summed E-state index contributed by atoms with van der Waals surface area (Å²) in [6.45, 7) is 5.67. The van der Waals surface area contributed by atoms with Crippen molar-refractivity contribution in [3.05, 3.63) is 98.4 Å². The van der Waals surface area contributed by atoms with Gasteiger partial charge in [-0.25, -0.2) is 4.79 Å². The molecule has 156 valence electrons. The van der Waals surface area contributed by atoms with E-state index in [1.54, 1.807) is 36.4 Å². The van der Waals surface area contributed by atoms with Gasteiger partial charge in [-0.2, -0.15) is 0 Å². The van der Waals surface area contributed by atoms with Crippen molar-refractivity contribution in [2.45, 2.75) is 20.8 Å².